The van der Waals surface area contributed by atoms with E-state index in [0.29, 0.717) is 18.7 Å². The zero-order valence-corrected chi connectivity index (χ0v) is 22.7. The van der Waals surface area contributed by atoms with E-state index in [0.717, 1.165) is 25.7 Å². The van der Waals surface area contributed by atoms with Crippen LogP contribution in [0.2, 0.25) is 0 Å². The van der Waals surface area contributed by atoms with E-state index in [-0.39, 0.29) is 40.9 Å². The number of nitrogens with two attached hydrogens (primary N) is 1. The SMILES string of the molecule is CN(C(=O)c1ccc(C(=O)c2ccccc2OCCCNC(=O)OC(C)(C)C)c(O)c1N)C1CCCCC1. The highest BCUT2D eigenvalue weighted by Crippen LogP contribution is 2.34. The predicted molar refractivity (Wildman–Crippen MR) is 146 cm³/mol. The van der Waals surface area contributed by atoms with Crippen LogP contribution in [0.3, 0.4) is 0 Å². The number of phenolic OH excluding ortho intramolecular Hbond substituents is 1. The third-order valence-electron chi connectivity index (χ3n) is 6.51. The number of amides is 2. The van der Waals surface area contributed by atoms with Crippen molar-refractivity contribution in [3.63, 3.8) is 0 Å². The summed E-state index contributed by atoms with van der Waals surface area (Å²) >= 11 is 0. The summed E-state index contributed by atoms with van der Waals surface area (Å²) in [4.78, 5) is 39.9. The standard InChI is InChI=1S/C29H39N3O6/c1-29(2,3)38-28(36)31-17-10-18-37-23-14-9-8-13-20(23)25(33)22-16-15-21(24(30)26(22)34)27(35)32(4)19-11-6-5-7-12-19/h8-9,13-16,19,34H,5-7,10-12,17-18,30H2,1-4H3,(H,31,36). The molecule has 0 radical (unpaired) electrons. The molecule has 1 aliphatic rings. The molecule has 0 spiro atoms. The van der Waals surface area contributed by atoms with Crippen molar-refractivity contribution in [2.45, 2.75) is 70.9 Å². The normalized spacial score (nSPS) is 14.0. The summed E-state index contributed by atoms with van der Waals surface area (Å²) < 4.78 is 11.0. The molecule has 0 atom stereocenters. The smallest absolute Gasteiger partial charge is 0.407 e. The lowest BCUT2D eigenvalue weighted by molar-refractivity contribution is 0.0525. The quantitative estimate of drug-likeness (QED) is 0.184. The second kappa shape index (κ2) is 12.7. The Morgan fingerprint density at radius 1 is 1.03 bits per heavy atom. The highest BCUT2D eigenvalue weighted by molar-refractivity contribution is 6.14. The Hall–Kier alpha value is -3.75. The average molecular weight is 526 g/mol. The van der Waals surface area contributed by atoms with Gasteiger partial charge < -0.3 is 30.5 Å². The number of hydrogen-bond donors (Lipinski definition) is 3. The second-order valence-electron chi connectivity index (χ2n) is 10.6. The molecule has 0 aromatic heterocycles. The monoisotopic (exact) mass is 525 g/mol. The molecule has 1 aliphatic carbocycles. The van der Waals surface area contributed by atoms with Crippen molar-refractivity contribution < 1.29 is 29.0 Å². The van der Waals surface area contributed by atoms with Crippen LogP contribution in [-0.2, 0) is 4.74 Å². The Labute approximate surface area is 224 Å². The van der Waals surface area contributed by atoms with E-state index in [2.05, 4.69) is 5.32 Å². The van der Waals surface area contributed by atoms with Crippen LogP contribution in [0.25, 0.3) is 0 Å². The van der Waals surface area contributed by atoms with Crippen molar-refractivity contribution in [3.05, 3.63) is 53.1 Å². The van der Waals surface area contributed by atoms with E-state index in [1.165, 1.54) is 18.6 Å². The molecule has 38 heavy (non-hydrogen) atoms. The minimum Gasteiger partial charge on any atom is -0.505 e. The van der Waals surface area contributed by atoms with Gasteiger partial charge in [-0.05, 0) is 64.3 Å². The third-order valence-corrected chi connectivity index (χ3v) is 6.51. The fraction of sp³-hybridized carbons (Fsp3) is 0.483. The van der Waals surface area contributed by atoms with Gasteiger partial charge in [0.15, 0.2) is 0 Å². The molecule has 9 heteroatoms. The first-order valence-corrected chi connectivity index (χ1v) is 13.1. The number of rotatable bonds is 9. The molecule has 3 rings (SSSR count). The maximum absolute atomic E-state index is 13.3. The minimum atomic E-state index is -0.578. The van der Waals surface area contributed by atoms with Gasteiger partial charge in [-0.15, -0.1) is 0 Å². The van der Waals surface area contributed by atoms with Crippen LogP contribution in [-0.4, -0.2) is 59.6 Å². The van der Waals surface area contributed by atoms with Crippen LogP contribution in [0.5, 0.6) is 11.5 Å². The Balaban J connectivity index is 1.67. The van der Waals surface area contributed by atoms with Gasteiger partial charge in [0.2, 0.25) is 5.78 Å². The van der Waals surface area contributed by atoms with E-state index in [4.69, 9.17) is 15.2 Å². The zero-order valence-electron chi connectivity index (χ0n) is 22.7. The number of benzene rings is 2. The van der Waals surface area contributed by atoms with E-state index in [9.17, 15) is 19.5 Å². The van der Waals surface area contributed by atoms with Gasteiger partial charge in [-0.3, -0.25) is 9.59 Å². The predicted octanol–water partition coefficient (Wildman–Crippen LogP) is 4.90. The Bertz CT molecular complexity index is 1150. The number of carbonyl (C=O) groups excluding carboxylic acids is 3. The minimum absolute atomic E-state index is 0.0120. The molecule has 1 fully saturated rings. The van der Waals surface area contributed by atoms with Crippen molar-refractivity contribution in [2.24, 2.45) is 0 Å². The highest BCUT2D eigenvalue weighted by Gasteiger charge is 2.27. The van der Waals surface area contributed by atoms with Gasteiger partial charge in [-0.25, -0.2) is 4.79 Å². The van der Waals surface area contributed by atoms with Crippen molar-refractivity contribution in [3.8, 4) is 11.5 Å². The number of aromatic hydroxyl groups is 1. The fourth-order valence-corrected chi connectivity index (χ4v) is 4.49. The summed E-state index contributed by atoms with van der Waals surface area (Å²) in [5, 5.41) is 13.5. The maximum Gasteiger partial charge on any atom is 0.407 e. The highest BCUT2D eigenvalue weighted by atomic mass is 16.6. The third kappa shape index (κ3) is 7.40. The molecule has 4 N–H and O–H groups in total. The Morgan fingerprint density at radius 3 is 2.37 bits per heavy atom. The molecule has 1 saturated carbocycles. The van der Waals surface area contributed by atoms with Gasteiger partial charge >= 0.3 is 6.09 Å². The van der Waals surface area contributed by atoms with Crippen LogP contribution in [0.15, 0.2) is 36.4 Å². The van der Waals surface area contributed by atoms with Crippen LogP contribution in [0.4, 0.5) is 10.5 Å². The van der Waals surface area contributed by atoms with E-state index < -0.39 is 23.2 Å². The number of nitrogen functional groups attached to an aromatic ring is 1. The number of ether oxygens (including phenoxy) is 2. The van der Waals surface area contributed by atoms with Gasteiger partial charge in [-0.2, -0.15) is 0 Å². The van der Waals surface area contributed by atoms with Crippen LogP contribution in [0, 0.1) is 0 Å². The number of ketones is 1. The summed E-state index contributed by atoms with van der Waals surface area (Å²) in [6.07, 6.45) is 5.21. The lowest BCUT2D eigenvalue weighted by Gasteiger charge is -2.31. The van der Waals surface area contributed by atoms with Gasteiger partial charge in [0.05, 0.1) is 29.0 Å². The number of hydrogen-bond acceptors (Lipinski definition) is 7. The van der Waals surface area contributed by atoms with E-state index in [1.807, 2.05) is 0 Å². The summed E-state index contributed by atoms with van der Waals surface area (Å²) in [7, 11) is 1.75. The first-order valence-electron chi connectivity index (χ1n) is 13.1. The summed E-state index contributed by atoms with van der Waals surface area (Å²) in [5.41, 5.74) is 5.88. The molecule has 0 unspecified atom stereocenters. The Morgan fingerprint density at radius 2 is 1.68 bits per heavy atom. The molecule has 206 valence electrons. The van der Waals surface area contributed by atoms with E-state index >= 15 is 0 Å². The van der Waals surface area contributed by atoms with Gasteiger partial charge in [0.25, 0.3) is 5.91 Å². The zero-order chi connectivity index (χ0) is 27.9. The average Bonchev–Trinajstić information content (AvgIpc) is 2.88. The van der Waals surface area contributed by atoms with Gasteiger partial charge in [0.1, 0.15) is 17.1 Å². The summed E-state index contributed by atoms with van der Waals surface area (Å²) in [6.45, 7) is 5.95. The lowest BCUT2D eigenvalue weighted by atomic mass is 9.93. The van der Waals surface area contributed by atoms with Crippen molar-refractivity contribution in [1.29, 1.82) is 0 Å². The molecular weight excluding hydrogens is 486 g/mol. The number of alkyl carbamates (subject to hydrolysis) is 1. The number of nitrogens with zero attached hydrogens (tertiary/aromatic N) is 1. The maximum atomic E-state index is 13.3. The molecule has 9 nitrogen and oxygen atoms in total. The number of carbonyl (C=O) groups is 3. The largest absolute Gasteiger partial charge is 0.505 e. The van der Waals surface area contributed by atoms with Crippen molar-refractivity contribution in [2.75, 3.05) is 25.9 Å². The summed E-state index contributed by atoms with van der Waals surface area (Å²) in [6, 6.07) is 9.76. The molecule has 2 aromatic rings. The molecule has 0 bridgehead atoms. The number of para-hydroxylation sites is 1. The lowest BCUT2D eigenvalue weighted by Crippen LogP contribution is -2.38. The number of phenols is 1. The summed E-state index contributed by atoms with van der Waals surface area (Å²) in [5.74, 6) is -0.831. The van der Waals surface area contributed by atoms with E-state index in [1.54, 1.807) is 57.0 Å². The van der Waals surface area contributed by atoms with Crippen molar-refractivity contribution >= 4 is 23.5 Å². The molecule has 2 aromatic carbocycles. The molecule has 0 heterocycles. The first-order chi connectivity index (χ1) is 18.0. The van der Waals surface area contributed by atoms with Crippen LogP contribution in [0.1, 0.15) is 85.6 Å². The van der Waals surface area contributed by atoms with Gasteiger partial charge in [-0.1, -0.05) is 31.4 Å². The number of anilines is 1. The molecule has 0 saturated heterocycles. The first kappa shape index (κ1) is 28.8. The molecule has 2 amide bonds. The molecule has 0 aliphatic heterocycles. The van der Waals surface area contributed by atoms with Crippen LogP contribution >= 0.6 is 0 Å². The Kier molecular flexibility index (Phi) is 9.61. The molecular formula is C29H39N3O6. The fourth-order valence-electron chi connectivity index (χ4n) is 4.49. The van der Waals surface area contributed by atoms with Crippen LogP contribution < -0.4 is 15.8 Å². The van der Waals surface area contributed by atoms with Crippen molar-refractivity contribution in [1.82, 2.24) is 10.2 Å². The second-order valence-corrected chi connectivity index (χ2v) is 10.6. The number of nitrogens with one attached hydrogen (secondary N) is 1. The topological polar surface area (TPSA) is 131 Å². The van der Waals surface area contributed by atoms with Gasteiger partial charge in [0, 0.05) is 19.6 Å².